The van der Waals surface area contributed by atoms with Crippen molar-refractivity contribution in [2.24, 2.45) is 0 Å². The zero-order chi connectivity index (χ0) is 11.8. The Bertz CT molecular complexity index is 465. The molecule has 1 saturated heterocycles. The van der Waals surface area contributed by atoms with Crippen molar-refractivity contribution in [3.63, 3.8) is 0 Å². The van der Waals surface area contributed by atoms with Crippen molar-refractivity contribution >= 4 is 5.97 Å². The van der Waals surface area contributed by atoms with Crippen LogP contribution in [0.15, 0.2) is 12.1 Å². The van der Waals surface area contributed by atoms with Crippen LogP contribution in [0.5, 0.6) is 0 Å². The Morgan fingerprint density at radius 2 is 2.24 bits per heavy atom. The Hall–Kier alpha value is -1.39. The van der Waals surface area contributed by atoms with Gasteiger partial charge in [0.05, 0.1) is 5.56 Å². The van der Waals surface area contributed by atoms with E-state index in [0.29, 0.717) is 12.6 Å². The molecule has 1 fully saturated rings. The minimum Gasteiger partial charge on any atom is -0.457 e. The highest BCUT2D eigenvalue weighted by molar-refractivity contribution is 5.93. The molecule has 0 aromatic heterocycles. The van der Waals surface area contributed by atoms with Gasteiger partial charge < -0.3 is 15.4 Å². The van der Waals surface area contributed by atoms with E-state index in [0.717, 1.165) is 30.8 Å². The van der Waals surface area contributed by atoms with Crippen LogP contribution in [0.4, 0.5) is 0 Å². The van der Waals surface area contributed by atoms with E-state index in [4.69, 9.17) is 4.74 Å². The van der Waals surface area contributed by atoms with Gasteiger partial charge in [0, 0.05) is 31.2 Å². The lowest BCUT2D eigenvalue weighted by Gasteiger charge is -2.26. The fourth-order valence-electron chi connectivity index (χ4n) is 2.62. The van der Waals surface area contributed by atoms with Gasteiger partial charge >= 0.3 is 5.97 Å². The summed E-state index contributed by atoms with van der Waals surface area (Å²) in [6.07, 6.45) is 0. The van der Waals surface area contributed by atoms with Gasteiger partial charge in [-0.15, -0.1) is 0 Å². The normalized spacial score (nSPS) is 23.4. The number of hydrogen-bond donors (Lipinski definition) is 2. The van der Waals surface area contributed by atoms with E-state index in [-0.39, 0.29) is 5.97 Å². The summed E-state index contributed by atoms with van der Waals surface area (Å²) < 4.78 is 5.07. The molecule has 0 saturated carbocycles. The van der Waals surface area contributed by atoms with E-state index in [2.05, 4.69) is 17.6 Å². The first-order valence-electron chi connectivity index (χ1n) is 6.01. The summed E-state index contributed by atoms with van der Waals surface area (Å²) >= 11 is 0. The number of carbonyl (C=O) groups is 1. The Morgan fingerprint density at radius 3 is 3.00 bits per heavy atom. The second kappa shape index (κ2) is 4.13. The number of esters is 1. The quantitative estimate of drug-likeness (QED) is 0.706. The molecule has 0 spiro atoms. The summed E-state index contributed by atoms with van der Waals surface area (Å²) in [6.45, 7) is 5.44. The van der Waals surface area contributed by atoms with E-state index in [9.17, 15) is 4.79 Å². The van der Waals surface area contributed by atoms with Crippen molar-refractivity contribution in [3.8, 4) is 0 Å². The molecule has 0 unspecified atom stereocenters. The summed E-state index contributed by atoms with van der Waals surface area (Å²) in [5, 5.41) is 6.87. The fourth-order valence-corrected chi connectivity index (χ4v) is 2.62. The molecule has 2 heterocycles. The van der Waals surface area contributed by atoms with Gasteiger partial charge in [-0.3, -0.25) is 0 Å². The lowest BCUT2D eigenvalue weighted by atomic mass is 9.93. The first-order chi connectivity index (χ1) is 8.27. The van der Waals surface area contributed by atoms with E-state index < -0.39 is 0 Å². The van der Waals surface area contributed by atoms with Crippen LogP contribution in [0.1, 0.15) is 33.1 Å². The molecule has 2 aliphatic rings. The van der Waals surface area contributed by atoms with Gasteiger partial charge in [-0.05, 0) is 24.1 Å². The Kier molecular flexibility index (Phi) is 2.61. The van der Waals surface area contributed by atoms with E-state index >= 15 is 0 Å². The van der Waals surface area contributed by atoms with Crippen LogP contribution in [-0.2, 0) is 11.3 Å². The number of fused-ring (bicyclic) bond motifs is 1. The lowest BCUT2D eigenvalue weighted by Crippen LogP contribution is -2.42. The molecule has 0 radical (unpaired) electrons. The van der Waals surface area contributed by atoms with Crippen LogP contribution in [0.3, 0.4) is 0 Å². The number of rotatable bonds is 1. The van der Waals surface area contributed by atoms with Crippen molar-refractivity contribution in [1.82, 2.24) is 10.6 Å². The maximum absolute atomic E-state index is 11.5. The van der Waals surface area contributed by atoms with Crippen molar-refractivity contribution in [3.05, 3.63) is 34.4 Å². The third-order valence-electron chi connectivity index (χ3n) is 3.62. The molecule has 4 nitrogen and oxygen atoms in total. The van der Waals surface area contributed by atoms with Crippen molar-refractivity contribution in [2.75, 3.05) is 19.6 Å². The molecule has 4 heteroatoms. The monoisotopic (exact) mass is 232 g/mol. The fraction of sp³-hybridized carbons (Fsp3) is 0.462. The van der Waals surface area contributed by atoms with E-state index in [1.165, 1.54) is 11.1 Å². The third-order valence-corrected chi connectivity index (χ3v) is 3.62. The Morgan fingerprint density at radius 1 is 1.35 bits per heavy atom. The van der Waals surface area contributed by atoms with E-state index in [1.54, 1.807) is 0 Å². The number of cyclic esters (lactones) is 1. The summed E-state index contributed by atoms with van der Waals surface area (Å²) in [6, 6.07) is 4.28. The number of ether oxygens (including phenoxy) is 1. The highest BCUT2D eigenvalue weighted by atomic mass is 16.5. The molecular weight excluding hydrogens is 216 g/mol. The molecule has 2 N–H and O–H groups in total. The summed E-state index contributed by atoms with van der Waals surface area (Å²) in [7, 11) is 0. The van der Waals surface area contributed by atoms with Gasteiger partial charge in [0.2, 0.25) is 0 Å². The van der Waals surface area contributed by atoms with Crippen LogP contribution in [0, 0.1) is 6.92 Å². The Labute approximate surface area is 100 Å². The predicted molar refractivity (Wildman–Crippen MR) is 63.9 cm³/mol. The maximum Gasteiger partial charge on any atom is 0.338 e. The average molecular weight is 232 g/mol. The minimum atomic E-state index is -0.190. The van der Waals surface area contributed by atoms with Gasteiger partial charge in [-0.2, -0.15) is 0 Å². The molecule has 2 aliphatic heterocycles. The molecule has 0 aliphatic carbocycles. The van der Waals surface area contributed by atoms with Crippen molar-refractivity contribution in [1.29, 1.82) is 0 Å². The van der Waals surface area contributed by atoms with Crippen LogP contribution >= 0.6 is 0 Å². The standard InChI is InChI=1S/C13H16N2O2/c1-8-9(12-6-14-4-5-15-12)2-3-10-11(8)7-17-13(10)16/h2-3,12,14-15H,4-7H2,1H3/t12-/m0/s1. The molecule has 0 amide bonds. The average Bonchev–Trinajstić information content (AvgIpc) is 2.74. The van der Waals surface area contributed by atoms with Crippen LogP contribution in [0.25, 0.3) is 0 Å². The molecule has 90 valence electrons. The van der Waals surface area contributed by atoms with Gasteiger partial charge in [-0.1, -0.05) is 6.07 Å². The molecule has 17 heavy (non-hydrogen) atoms. The zero-order valence-corrected chi connectivity index (χ0v) is 9.88. The number of piperazine rings is 1. The third kappa shape index (κ3) is 1.73. The van der Waals surface area contributed by atoms with E-state index in [1.807, 2.05) is 12.1 Å². The number of benzene rings is 1. The van der Waals surface area contributed by atoms with Crippen molar-refractivity contribution in [2.45, 2.75) is 19.6 Å². The second-order valence-electron chi connectivity index (χ2n) is 4.59. The van der Waals surface area contributed by atoms with Gasteiger partial charge in [-0.25, -0.2) is 4.79 Å². The molecule has 0 bridgehead atoms. The summed E-state index contributed by atoms with van der Waals surface area (Å²) in [5.74, 6) is -0.190. The first-order valence-corrected chi connectivity index (χ1v) is 6.01. The highest BCUT2D eigenvalue weighted by Crippen LogP contribution is 2.29. The van der Waals surface area contributed by atoms with Gasteiger partial charge in [0.1, 0.15) is 6.61 Å². The molecule has 3 rings (SSSR count). The smallest absolute Gasteiger partial charge is 0.338 e. The largest absolute Gasteiger partial charge is 0.457 e. The zero-order valence-electron chi connectivity index (χ0n) is 9.88. The van der Waals surface area contributed by atoms with Crippen LogP contribution in [0.2, 0.25) is 0 Å². The highest BCUT2D eigenvalue weighted by Gasteiger charge is 2.26. The molecular formula is C13H16N2O2. The Balaban J connectivity index is 1.99. The second-order valence-corrected chi connectivity index (χ2v) is 4.59. The van der Waals surface area contributed by atoms with Crippen molar-refractivity contribution < 1.29 is 9.53 Å². The maximum atomic E-state index is 11.5. The topological polar surface area (TPSA) is 50.4 Å². The summed E-state index contributed by atoms with van der Waals surface area (Å²) in [4.78, 5) is 11.5. The van der Waals surface area contributed by atoms with Gasteiger partial charge in [0.25, 0.3) is 0 Å². The number of hydrogen-bond acceptors (Lipinski definition) is 4. The SMILES string of the molecule is Cc1c([C@@H]2CNCCN2)ccc2c1COC2=O. The van der Waals surface area contributed by atoms with Crippen LogP contribution in [-0.4, -0.2) is 25.6 Å². The van der Waals surface area contributed by atoms with Crippen LogP contribution < -0.4 is 10.6 Å². The molecule has 1 aromatic carbocycles. The summed E-state index contributed by atoms with van der Waals surface area (Å²) in [5.41, 5.74) is 4.25. The predicted octanol–water partition coefficient (Wildman–Crippen LogP) is 0.899. The molecule has 1 atom stereocenters. The molecule has 1 aromatic rings. The lowest BCUT2D eigenvalue weighted by molar-refractivity contribution is 0.0535. The number of carbonyl (C=O) groups excluding carboxylic acids is 1. The van der Waals surface area contributed by atoms with Gasteiger partial charge in [0.15, 0.2) is 0 Å². The first kappa shape index (κ1) is 10.7. The minimum absolute atomic E-state index is 0.190. The number of nitrogens with one attached hydrogen (secondary N) is 2.